The van der Waals surface area contributed by atoms with Crippen LogP contribution in [0.3, 0.4) is 0 Å². The number of aromatic hydroxyl groups is 1. The highest BCUT2D eigenvalue weighted by molar-refractivity contribution is 5.96. The molecule has 2 rings (SSSR count). The predicted molar refractivity (Wildman–Crippen MR) is 92.4 cm³/mol. The third-order valence-electron chi connectivity index (χ3n) is 4.02. The van der Waals surface area contributed by atoms with Gasteiger partial charge in [0.05, 0.1) is 0 Å². The van der Waals surface area contributed by atoms with E-state index in [1.54, 1.807) is 18.2 Å². The van der Waals surface area contributed by atoms with Crippen molar-refractivity contribution < 1.29 is 9.90 Å². The van der Waals surface area contributed by atoms with Gasteiger partial charge in [0.25, 0.3) is 11.5 Å². The standard InChI is InChI=1S/C17H24N4O3/c1-4-20(5-2)11-12(3)10-18-15(22)14-16(23)19-13-8-6-7-9-21(13)17(14)24/h6-9,12,23H,4-5,10-11H2,1-3H3,(H,18,22)/t12-/m0/s1. The van der Waals surface area contributed by atoms with Crippen LogP contribution in [0.1, 0.15) is 31.1 Å². The largest absolute Gasteiger partial charge is 0.493 e. The van der Waals surface area contributed by atoms with E-state index in [0.29, 0.717) is 12.2 Å². The summed E-state index contributed by atoms with van der Waals surface area (Å²) in [5.74, 6) is -0.915. The molecule has 130 valence electrons. The lowest BCUT2D eigenvalue weighted by Gasteiger charge is -2.22. The molecule has 0 spiro atoms. The molecule has 0 bridgehead atoms. The molecule has 0 aliphatic carbocycles. The maximum Gasteiger partial charge on any atom is 0.274 e. The fourth-order valence-electron chi connectivity index (χ4n) is 2.62. The van der Waals surface area contributed by atoms with Crippen LogP contribution in [0.2, 0.25) is 0 Å². The molecule has 0 saturated heterocycles. The Bertz CT molecular complexity index is 768. The van der Waals surface area contributed by atoms with Gasteiger partial charge in [-0.3, -0.25) is 14.0 Å². The van der Waals surface area contributed by atoms with Crippen molar-refractivity contribution in [3.05, 3.63) is 40.3 Å². The number of fused-ring (bicyclic) bond motifs is 1. The SMILES string of the molecule is CCN(CC)C[C@@H](C)CNC(=O)c1c(O)nc2ccccn2c1=O. The minimum Gasteiger partial charge on any atom is -0.493 e. The lowest BCUT2D eigenvalue weighted by molar-refractivity contribution is 0.0939. The normalized spacial score (nSPS) is 12.5. The fourth-order valence-corrected chi connectivity index (χ4v) is 2.62. The first-order valence-corrected chi connectivity index (χ1v) is 8.18. The number of nitrogens with zero attached hydrogens (tertiary/aromatic N) is 3. The van der Waals surface area contributed by atoms with Crippen molar-refractivity contribution in [2.75, 3.05) is 26.2 Å². The zero-order chi connectivity index (χ0) is 17.7. The minimum atomic E-state index is -0.602. The van der Waals surface area contributed by atoms with Crippen LogP contribution >= 0.6 is 0 Å². The van der Waals surface area contributed by atoms with Gasteiger partial charge in [0.15, 0.2) is 5.56 Å². The topological polar surface area (TPSA) is 86.9 Å². The fraction of sp³-hybridized carbons (Fsp3) is 0.471. The summed E-state index contributed by atoms with van der Waals surface area (Å²) in [5.41, 5.74) is -0.604. The zero-order valence-electron chi connectivity index (χ0n) is 14.3. The number of rotatable bonds is 7. The van der Waals surface area contributed by atoms with Crippen molar-refractivity contribution in [2.24, 2.45) is 5.92 Å². The number of pyridine rings is 1. The van der Waals surface area contributed by atoms with Crippen LogP contribution < -0.4 is 10.9 Å². The third-order valence-corrected chi connectivity index (χ3v) is 4.02. The Hall–Kier alpha value is -2.41. The summed E-state index contributed by atoms with van der Waals surface area (Å²) in [6, 6.07) is 4.96. The maximum atomic E-state index is 12.4. The highest BCUT2D eigenvalue weighted by Crippen LogP contribution is 2.11. The van der Waals surface area contributed by atoms with E-state index in [4.69, 9.17) is 0 Å². The van der Waals surface area contributed by atoms with Crippen LogP contribution in [-0.2, 0) is 0 Å². The van der Waals surface area contributed by atoms with Gasteiger partial charge in [-0.25, -0.2) is 0 Å². The van der Waals surface area contributed by atoms with Gasteiger partial charge in [-0.2, -0.15) is 4.98 Å². The van der Waals surface area contributed by atoms with Crippen molar-refractivity contribution in [2.45, 2.75) is 20.8 Å². The molecule has 0 radical (unpaired) electrons. The Labute approximate surface area is 140 Å². The molecule has 2 heterocycles. The molecule has 0 aliphatic rings. The van der Waals surface area contributed by atoms with Crippen LogP contribution in [0.4, 0.5) is 0 Å². The summed E-state index contributed by atoms with van der Waals surface area (Å²) < 4.78 is 1.24. The lowest BCUT2D eigenvalue weighted by atomic mass is 10.1. The molecular formula is C17H24N4O3. The Balaban J connectivity index is 2.13. The van der Waals surface area contributed by atoms with Gasteiger partial charge < -0.3 is 15.3 Å². The number of amides is 1. The number of aromatic nitrogens is 2. The van der Waals surface area contributed by atoms with Crippen molar-refractivity contribution in [1.82, 2.24) is 19.6 Å². The van der Waals surface area contributed by atoms with Gasteiger partial charge in [-0.05, 0) is 31.1 Å². The number of hydrogen-bond acceptors (Lipinski definition) is 5. The molecule has 0 unspecified atom stereocenters. The Kier molecular flexibility index (Phi) is 5.92. The third kappa shape index (κ3) is 3.91. The van der Waals surface area contributed by atoms with Gasteiger partial charge in [0, 0.05) is 19.3 Å². The molecule has 24 heavy (non-hydrogen) atoms. The van der Waals surface area contributed by atoms with Crippen molar-refractivity contribution >= 4 is 11.6 Å². The number of nitrogens with one attached hydrogen (secondary N) is 1. The molecule has 0 fully saturated rings. The second-order valence-electron chi connectivity index (χ2n) is 5.85. The van der Waals surface area contributed by atoms with Crippen molar-refractivity contribution in [3.63, 3.8) is 0 Å². The molecule has 2 N–H and O–H groups in total. The van der Waals surface area contributed by atoms with Gasteiger partial charge in [-0.1, -0.05) is 26.8 Å². The molecule has 0 saturated carbocycles. The first kappa shape index (κ1) is 17.9. The van der Waals surface area contributed by atoms with Crippen molar-refractivity contribution in [1.29, 1.82) is 0 Å². The predicted octanol–water partition coefficient (Wildman–Crippen LogP) is 1.11. The average Bonchev–Trinajstić information content (AvgIpc) is 2.57. The molecular weight excluding hydrogens is 308 g/mol. The van der Waals surface area contributed by atoms with Gasteiger partial charge in [0.1, 0.15) is 5.65 Å². The Morgan fingerprint density at radius 2 is 2.08 bits per heavy atom. The highest BCUT2D eigenvalue weighted by atomic mass is 16.3. The first-order valence-electron chi connectivity index (χ1n) is 8.18. The molecule has 0 aliphatic heterocycles. The smallest absolute Gasteiger partial charge is 0.274 e. The minimum absolute atomic E-state index is 0.229. The van der Waals surface area contributed by atoms with E-state index in [0.717, 1.165) is 19.6 Å². The molecule has 1 amide bonds. The van der Waals surface area contributed by atoms with Crippen LogP contribution in [0.5, 0.6) is 5.88 Å². The van der Waals surface area contributed by atoms with Crippen LogP contribution in [-0.4, -0.2) is 51.5 Å². The van der Waals surface area contributed by atoms with E-state index in [9.17, 15) is 14.7 Å². The lowest BCUT2D eigenvalue weighted by Crippen LogP contribution is -2.37. The maximum absolute atomic E-state index is 12.4. The number of carbonyl (C=O) groups excluding carboxylic acids is 1. The molecule has 1 atom stereocenters. The number of carbonyl (C=O) groups is 1. The first-order chi connectivity index (χ1) is 11.5. The highest BCUT2D eigenvalue weighted by Gasteiger charge is 2.20. The average molecular weight is 332 g/mol. The van der Waals surface area contributed by atoms with E-state index in [2.05, 4.69) is 29.0 Å². The molecule has 7 heteroatoms. The van der Waals surface area contributed by atoms with Crippen LogP contribution in [0.15, 0.2) is 29.2 Å². The molecule has 2 aromatic heterocycles. The van der Waals surface area contributed by atoms with Crippen LogP contribution in [0.25, 0.3) is 5.65 Å². The quantitative estimate of drug-likeness (QED) is 0.793. The van der Waals surface area contributed by atoms with E-state index in [-0.39, 0.29) is 11.5 Å². The van der Waals surface area contributed by atoms with Crippen LogP contribution in [0, 0.1) is 5.92 Å². The van der Waals surface area contributed by atoms with Gasteiger partial charge >= 0.3 is 0 Å². The summed E-state index contributed by atoms with van der Waals surface area (Å²) in [5, 5.41) is 12.7. The Morgan fingerprint density at radius 1 is 1.38 bits per heavy atom. The second kappa shape index (κ2) is 7.92. The molecule has 0 aromatic carbocycles. The summed E-state index contributed by atoms with van der Waals surface area (Å²) >= 11 is 0. The monoisotopic (exact) mass is 332 g/mol. The summed E-state index contributed by atoms with van der Waals surface area (Å²) in [7, 11) is 0. The molecule has 2 aromatic rings. The van der Waals surface area contributed by atoms with Crippen molar-refractivity contribution in [3.8, 4) is 5.88 Å². The van der Waals surface area contributed by atoms with Gasteiger partial charge in [0.2, 0.25) is 5.88 Å². The van der Waals surface area contributed by atoms with E-state index in [1.165, 1.54) is 10.6 Å². The summed E-state index contributed by atoms with van der Waals surface area (Å²) in [6.07, 6.45) is 1.52. The number of hydrogen-bond donors (Lipinski definition) is 2. The second-order valence-corrected chi connectivity index (χ2v) is 5.85. The molecule has 7 nitrogen and oxygen atoms in total. The van der Waals surface area contributed by atoms with E-state index >= 15 is 0 Å². The van der Waals surface area contributed by atoms with E-state index < -0.39 is 17.3 Å². The zero-order valence-corrected chi connectivity index (χ0v) is 14.3. The summed E-state index contributed by atoms with van der Waals surface area (Å²) in [4.78, 5) is 30.9. The summed E-state index contributed by atoms with van der Waals surface area (Å²) in [6.45, 7) is 9.39. The Morgan fingerprint density at radius 3 is 2.75 bits per heavy atom. The van der Waals surface area contributed by atoms with Gasteiger partial charge in [-0.15, -0.1) is 0 Å². The van der Waals surface area contributed by atoms with E-state index in [1.807, 2.05) is 6.92 Å².